The van der Waals surface area contributed by atoms with Crippen LogP contribution in [0.25, 0.3) is 11.4 Å². The van der Waals surface area contributed by atoms with Crippen molar-refractivity contribution in [1.82, 2.24) is 19.9 Å². The molecule has 2 unspecified atom stereocenters. The third-order valence-electron chi connectivity index (χ3n) is 5.61. The lowest BCUT2D eigenvalue weighted by Crippen LogP contribution is -2.61. The highest BCUT2D eigenvalue weighted by atomic mass is 16.5. The van der Waals surface area contributed by atoms with Crippen LogP contribution >= 0.6 is 0 Å². The van der Waals surface area contributed by atoms with Crippen LogP contribution in [0.3, 0.4) is 0 Å². The van der Waals surface area contributed by atoms with Crippen LogP contribution in [0.15, 0.2) is 28.8 Å². The lowest BCUT2D eigenvalue weighted by Gasteiger charge is -2.46. The fourth-order valence-corrected chi connectivity index (χ4v) is 4.18. The summed E-state index contributed by atoms with van der Waals surface area (Å²) in [6.07, 6.45) is 3.69. The highest BCUT2D eigenvalue weighted by Gasteiger charge is 2.46. The van der Waals surface area contributed by atoms with Gasteiger partial charge in [0.25, 0.3) is 0 Å². The second kappa shape index (κ2) is 7.61. The molecule has 8 nitrogen and oxygen atoms in total. The van der Waals surface area contributed by atoms with Crippen LogP contribution in [-0.4, -0.2) is 51.6 Å². The van der Waals surface area contributed by atoms with Gasteiger partial charge in [-0.2, -0.15) is 4.98 Å². The number of rotatable bonds is 5. The molecule has 28 heavy (non-hydrogen) atoms. The van der Waals surface area contributed by atoms with Gasteiger partial charge in [-0.15, -0.1) is 0 Å². The Morgan fingerprint density at radius 2 is 2.07 bits per heavy atom. The van der Waals surface area contributed by atoms with Gasteiger partial charge in [0.2, 0.25) is 17.6 Å². The summed E-state index contributed by atoms with van der Waals surface area (Å²) in [6.45, 7) is 2.40. The molecule has 1 aromatic carbocycles. The van der Waals surface area contributed by atoms with Gasteiger partial charge in [0, 0.05) is 18.2 Å². The van der Waals surface area contributed by atoms with Gasteiger partial charge in [-0.05, 0) is 31.9 Å². The van der Waals surface area contributed by atoms with Crippen LogP contribution in [0.1, 0.15) is 38.5 Å². The van der Waals surface area contributed by atoms with Gasteiger partial charge in [0.1, 0.15) is 12.3 Å². The highest BCUT2D eigenvalue weighted by Crippen LogP contribution is 2.35. The molecule has 148 valence electrons. The first-order valence-corrected chi connectivity index (χ1v) is 9.71. The predicted octanol–water partition coefficient (Wildman–Crippen LogP) is 3.09. The summed E-state index contributed by atoms with van der Waals surface area (Å²) in [6, 6.07) is 7.04. The Kier molecular flexibility index (Phi) is 5.02. The zero-order valence-corrected chi connectivity index (χ0v) is 16.1. The summed E-state index contributed by atoms with van der Waals surface area (Å²) in [4.78, 5) is 33.1. The molecule has 8 heteroatoms. The first-order chi connectivity index (χ1) is 13.6. The van der Waals surface area contributed by atoms with Crippen molar-refractivity contribution in [3.8, 4) is 17.1 Å². The van der Waals surface area contributed by atoms with Crippen LogP contribution in [0.4, 0.5) is 4.79 Å². The van der Waals surface area contributed by atoms with Crippen molar-refractivity contribution in [3.63, 3.8) is 0 Å². The van der Waals surface area contributed by atoms with Crippen LogP contribution in [0, 0.1) is 5.92 Å². The molecule has 1 aliphatic carbocycles. The molecule has 2 atom stereocenters. The molecule has 2 aromatic rings. The number of hydrogen-bond donors (Lipinski definition) is 0. The van der Waals surface area contributed by atoms with Crippen LogP contribution in [-0.2, 0) is 11.3 Å². The van der Waals surface area contributed by atoms with Crippen molar-refractivity contribution in [2.24, 2.45) is 5.92 Å². The Bertz CT molecular complexity index is 881. The maximum absolute atomic E-state index is 12.9. The predicted molar refractivity (Wildman–Crippen MR) is 100 cm³/mol. The summed E-state index contributed by atoms with van der Waals surface area (Å²) >= 11 is 0. The first kappa shape index (κ1) is 18.5. The van der Waals surface area contributed by atoms with E-state index in [1.165, 1.54) is 4.90 Å². The number of nitrogens with zero attached hydrogens (tertiary/aromatic N) is 4. The zero-order chi connectivity index (χ0) is 19.7. The van der Waals surface area contributed by atoms with E-state index in [4.69, 9.17) is 9.26 Å². The van der Waals surface area contributed by atoms with Crippen LogP contribution in [0.2, 0.25) is 0 Å². The fourth-order valence-electron chi connectivity index (χ4n) is 4.18. The van der Waals surface area contributed by atoms with Crippen molar-refractivity contribution < 1.29 is 18.8 Å². The molecule has 0 spiro atoms. The van der Waals surface area contributed by atoms with Gasteiger partial charge in [-0.25, -0.2) is 4.79 Å². The molecule has 1 aromatic heterocycles. The maximum atomic E-state index is 12.9. The van der Waals surface area contributed by atoms with Gasteiger partial charge in [0.15, 0.2) is 0 Å². The number of methoxy groups -OCH3 is 1. The summed E-state index contributed by atoms with van der Waals surface area (Å²) in [5, 5.41) is 4.05. The molecule has 3 amide bonds. The summed E-state index contributed by atoms with van der Waals surface area (Å²) in [5.74, 6) is 1.34. The molecular weight excluding hydrogens is 360 g/mol. The monoisotopic (exact) mass is 384 g/mol. The van der Waals surface area contributed by atoms with Crippen molar-refractivity contribution in [2.75, 3.05) is 13.7 Å². The van der Waals surface area contributed by atoms with E-state index in [9.17, 15) is 9.59 Å². The van der Waals surface area contributed by atoms with Gasteiger partial charge >= 0.3 is 6.03 Å². The number of aromatic nitrogens is 2. The number of ether oxygens (including phenoxy) is 1. The minimum Gasteiger partial charge on any atom is -0.497 e. The van der Waals surface area contributed by atoms with E-state index in [1.54, 1.807) is 12.0 Å². The first-order valence-electron chi connectivity index (χ1n) is 9.71. The lowest BCUT2D eigenvalue weighted by atomic mass is 9.81. The second-order valence-electron chi connectivity index (χ2n) is 7.19. The number of carbonyl (C=O) groups is 2. The number of hydrogen-bond acceptors (Lipinski definition) is 6. The average molecular weight is 384 g/mol. The van der Waals surface area contributed by atoms with E-state index < -0.39 is 0 Å². The maximum Gasteiger partial charge on any atom is 0.327 e. The van der Waals surface area contributed by atoms with E-state index in [2.05, 4.69) is 10.1 Å². The normalized spacial score (nSPS) is 22.4. The van der Waals surface area contributed by atoms with Crippen molar-refractivity contribution in [1.29, 1.82) is 0 Å². The van der Waals surface area contributed by atoms with Crippen LogP contribution in [0.5, 0.6) is 5.75 Å². The highest BCUT2D eigenvalue weighted by molar-refractivity contribution is 5.98. The quantitative estimate of drug-likeness (QED) is 0.787. The Hall–Kier alpha value is -2.90. The summed E-state index contributed by atoms with van der Waals surface area (Å²) in [7, 11) is 1.60. The Labute approximate surface area is 163 Å². The van der Waals surface area contributed by atoms with E-state index in [0.717, 1.165) is 31.2 Å². The Balaban J connectivity index is 1.58. The topological polar surface area (TPSA) is 88.8 Å². The number of amides is 3. The van der Waals surface area contributed by atoms with E-state index in [-0.39, 0.29) is 30.4 Å². The number of imide groups is 1. The number of benzene rings is 1. The van der Waals surface area contributed by atoms with Crippen molar-refractivity contribution >= 4 is 11.9 Å². The van der Waals surface area contributed by atoms with Gasteiger partial charge in [0.05, 0.1) is 13.0 Å². The second-order valence-corrected chi connectivity index (χ2v) is 7.19. The van der Waals surface area contributed by atoms with E-state index in [0.29, 0.717) is 24.0 Å². The van der Waals surface area contributed by atoms with Crippen molar-refractivity contribution in [2.45, 2.75) is 45.2 Å². The molecule has 2 heterocycles. The Morgan fingerprint density at radius 3 is 2.86 bits per heavy atom. The molecule has 2 fully saturated rings. The number of urea groups is 1. The minimum absolute atomic E-state index is 0.0453. The van der Waals surface area contributed by atoms with Gasteiger partial charge in [-0.1, -0.05) is 30.1 Å². The van der Waals surface area contributed by atoms with Crippen molar-refractivity contribution in [3.05, 3.63) is 30.2 Å². The molecule has 1 aliphatic heterocycles. The molecule has 0 bridgehead atoms. The average Bonchev–Trinajstić information content (AvgIpc) is 3.20. The number of carbonyl (C=O) groups excluding carboxylic acids is 2. The summed E-state index contributed by atoms with van der Waals surface area (Å²) < 4.78 is 10.7. The summed E-state index contributed by atoms with van der Waals surface area (Å²) in [5.41, 5.74) is 0.778. The fraction of sp³-hybridized carbons (Fsp3) is 0.500. The molecule has 1 saturated heterocycles. The van der Waals surface area contributed by atoms with Crippen LogP contribution < -0.4 is 4.74 Å². The standard InChI is InChI=1S/C20H24N4O4/c1-3-23-19(25)15-9-4-5-10-16(15)24(20(23)26)12-17-21-18(22-28-17)13-7-6-8-14(11-13)27-2/h6-8,11,15-16H,3-5,9-10,12H2,1-2H3. The minimum atomic E-state index is -0.267. The third-order valence-corrected chi connectivity index (χ3v) is 5.61. The number of fused-ring (bicyclic) bond motifs is 1. The molecule has 1 saturated carbocycles. The third kappa shape index (κ3) is 3.23. The lowest BCUT2D eigenvalue weighted by molar-refractivity contribution is -0.140. The molecule has 4 rings (SSSR count). The van der Waals surface area contributed by atoms with Gasteiger partial charge in [-0.3, -0.25) is 9.69 Å². The largest absolute Gasteiger partial charge is 0.497 e. The Morgan fingerprint density at radius 1 is 1.25 bits per heavy atom. The smallest absolute Gasteiger partial charge is 0.327 e. The molecule has 0 radical (unpaired) electrons. The van der Waals surface area contributed by atoms with E-state index >= 15 is 0 Å². The molecular formula is C20H24N4O4. The molecule has 0 N–H and O–H groups in total. The SMILES string of the molecule is CCN1C(=O)C2CCCCC2N(Cc2nc(-c3cccc(OC)c3)no2)C1=O. The van der Waals surface area contributed by atoms with E-state index in [1.807, 2.05) is 31.2 Å². The molecule has 2 aliphatic rings. The zero-order valence-electron chi connectivity index (χ0n) is 16.1. The van der Waals surface area contributed by atoms with Gasteiger partial charge < -0.3 is 14.2 Å².